The molecule has 2 rings (SSSR count). The van der Waals surface area contributed by atoms with E-state index in [9.17, 15) is 13.2 Å². The highest BCUT2D eigenvalue weighted by atomic mass is 19.4. The van der Waals surface area contributed by atoms with Crippen LogP contribution in [0, 0.1) is 0 Å². The molecule has 1 aromatic heterocycles. The number of aryl methyl sites for hydroxylation is 1. The van der Waals surface area contributed by atoms with Gasteiger partial charge in [-0.15, -0.1) is 0 Å². The summed E-state index contributed by atoms with van der Waals surface area (Å²) in [5.74, 6) is 0. The Morgan fingerprint density at radius 2 is 2.00 bits per heavy atom. The minimum absolute atomic E-state index is 0.392. The molecule has 1 heterocycles. The topological polar surface area (TPSA) is 43.8 Å². The van der Waals surface area contributed by atoms with Gasteiger partial charge in [0.2, 0.25) is 0 Å². The van der Waals surface area contributed by atoms with Gasteiger partial charge in [-0.3, -0.25) is 4.68 Å². The van der Waals surface area contributed by atoms with E-state index in [1.54, 1.807) is 30.1 Å². The van der Waals surface area contributed by atoms with E-state index < -0.39 is 17.8 Å². The van der Waals surface area contributed by atoms with Crippen LogP contribution in [0.25, 0.3) is 0 Å². The molecule has 0 spiro atoms. The van der Waals surface area contributed by atoms with Crippen molar-refractivity contribution < 1.29 is 13.2 Å². The van der Waals surface area contributed by atoms with Gasteiger partial charge in [0.25, 0.3) is 0 Å². The zero-order valence-corrected chi connectivity index (χ0v) is 9.65. The minimum Gasteiger partial charge on any atom is -0.319 e. The van der Waals surface area contributed by atoms with Crippen LogP contribution >= 0.6 is 0 Å². The van der Waals surface area contributed by atoms with Crippen molar-refractivity contribution in [2.75, 3.05) is 0 Å². The first kappa shape index (κ1) is 12.6. The van der Waals surface area contributed by atoms with Gasteiger partial charge in [0.15, 0.2) is 0 Å². The number of nitrogens with two attached hydrogens (primary N) is 1. The van der Waals surface area contributed by atoms with Crippen molar-refractivity contribution in [3.05, 3.63) is 53.3 Å². The van der Waals surface area contributed by atoms with Crippen molar-refractivity contribution in [2.45, 2.75) is 12.2 Å². The summed E-state index contributed by atoms with van der Waals surface area (Å²) in [6.07, 6.45) is -2.66. The predicted octanol–water partition coefficient (Wildman–Crippen LogP) is 2.49. The lowest BCUT2D eigenvalue weighted by atomic mass is 10.0. The van der Waals surface area contributed by atoms with Crippen LogP contribution in [0.1, 0.15) is 22.9 Å². The van der Waals surface area contributed by atoms with Crippen molar-refractivity contribution in [2.24, 2.45) is 12.8 Å². The third kappa shape index (κ3) is 2.53. The molecular weight excluding hydrogens is 243 g/mol. The van der Waals surface area contributed by atoms with Crippen LogP contribution in [0.15, 0.2) is 36.5 Å². The molecule has 0 aliphatic heterocycles. The smallest absolute Gasteiger partial charge is 0.319 e. The van der Waals surface area contributed by atoms with Gasteiger partial charge in [-0.25, -0.2) is 0 Å². The molecule has 0 saturated heterocycles. The Bertz CT molecular complexity index is 545. The van der Waals surface area contributed by atoms with Gasteiger partial charge < -0.3 is 5.73 Å². The second kappa shape index (κ2) is 4.45. The number of benzene rings is 1. The summed E-state index contributed by atoms with van der Waals surface area (Å²) in [6, 6.07) is 6.02. The maximum absolute atomic E-state index is 12.6. The Hall–Kier alpha value is -1.82. The summed E-state index contributed by atoms with van der Waals surface area (Å²) in [5.41, 5.74) is 6.13. The molecule has 2 N–H and O–H groups in total. The van der Waals surface area contributed by atoms with Gasteiger partial charge in [0, 0.05) is 13.2 Å². The number of halogens is 3. The normalized spacial score (nSPS) is 13.6. The summed E-state index contributed by atoms with van der Waals surface area (Å²) in [6.45, 7) is 0. The average Bonchev–Trinajstić information content (AvgIpc) is 2.74. The van der Waals surface area contributed by atoms with Gasteiger partial charge in [-0.1, -0.05) is 12.1 Å². The predicted molar refractivity (Wildman–Crippen MR) is 60.7 cm³/mol. The summed E-state index contributed by atoms with van der Waals surface area (Å²) in [4.78, 5) is 0. The molecule has 2 aromatic rings. The van der Waals surface area contributed by atoms with Crippen LogP contribution in [0.3, 0.4) is 0 Å². The first-order valence-electron chi connectivity index (χ1n) is 5.30. The molecule has 0 bridgehead atoms. The second-order valence-electron chi connectivity index (χ2n) is 4.02. The van der Waals surface area contributed by atoms with Crippen LogP contribution in [0.4, 0.5) is 13.2 Å². The summed E-state index contributed by atoms with van der Waals surface area (Å²) in [7, 11) is 1.72. The number of rotatable bonds is 2. The highest BCUT2D eigenvalue weighted by Crippen LogP contribution is 2.31. The first-order chi connectivity index (χ1) is 8.38. The van der Waals surface area contributed by atoms with Crippen LogP contribution in [-0.2, 0) is 13.2 Å². The van der Waals surface area contributed by atoms with E-state index in [0.717, 1.165) is 12.1 Å². The Morgan fingerprint density at radius 1 is 1.28 bits per heavy atom. The molecule has 0 amide bonds. The first-order valence-corrected chi connectivity index (χ1v) is 5.30. The third-order valence-electron chi connectivity index (χ3n) is 2.63. The van der Waals surface area contributed by atoms with Gasteiger partial charge in [0.05, 0.1) is 17.3 Å². The Balaban J connectivity index is 2.34. The maximum atomic E-state index is 12.6. The molecule has 1 unspecified atom stereocenters. The molecule has 1 atom stereocenters. The van der Waals surface area contributed by atoms with Crippen LogP contribution in [0.5, 0.6) is 0 Å². The fraction of sp³-hybridized carbons (Fsp3) is 0.250. The zero-order chi connectivity index (χ0) is 13.3. The Labute approximate surface area is 102 Å². The molecule has 1 aromatic carbocycles. The molecule has 0 saturated carbocycles. The minimum atomic E-state index is -4.36. The van der Waals surface area contributed by atoms with E-state index in [2.05, 4.69) is 5.10 Å². The molecule has 3 nitrogen and oxygen atoms in total. The largest absolute Gasteiger partial charge is 0.416 e. The van der Waals surface area contributed by atoms with Crippen LogP contribution in [0.2, 0.25) is 0 Å². The molecule has 96 valence electrons. The van der Waals surface area contributed by atoms with E-state index in [0.29, 0.717) is 11.3 Å². The molecular formula is C12H12F3N3. The van der Waals surface area contributed by atoms with Gasteiger partial charge in [-0.2, -0.15) is 18.3 Å². The average molecular weight is 255 g/mol. The number of aromatic nitrogens is 2. The molecule has 0 fully saturated rings. The lowest BCUT2D eigenvalue weighted by Gasteiger charge is -2.12. The maximum Gasteiger partial charge on any atom is 0.416 e. The molecule has 0 aliphatic rings. The quantitative estimate of drug-likeness (QED) is 0.896. The zero-order valence-electron chi connectivity index (χ0n) is 9.65. The molecule has 0 aliphatic carbocycles. The van der Waals surface area contributed by atoms with Gasteiger partial charge in [-0.05, 0) is 23.8 Å². The van der Waals surface area contributed by atoms with E-state index in [1.807, 2.05) is 0 Å². The fourth-order valence-electron chi connectivity index (χ4n) is 1.68. The molecule has 6 heteroatoms. The molecule has 0 radical (unpaired) electrons. The van der Waals surface area contributed by atoms with E-state index >= 15 is 0 Å². The van der Waals surface area contributed by atoms with Gasteiger partial charge >= 0.3 is 6.18 Å². The number of alkyl halides is 3. The van der Waals surface area contributed by atoms with Crippen molar-refractivity contribution >= 4 is 0 Å². The Kier molecular flexibility index (Phi) is 3.13. The second-order valence-corrected chi connectivity index (χ2v) is 4.02. The highest BCUT2D eigenvalue weighted by molar-refractivity contribution is 5.32. The Morgan fingerprint density at radius 3 is 2.56 bits per heavy atom. The van der Waals surface area contributed by atoms with Crippen molar-refractivity contribution in [3.63, 3.8) is 0 Å². The number of nitrogens with zero attached hydrogens (tertiary/aromatic N) is 2. The van der Waals surface area contributed by atoms with Gasteiger partial charge in [0.1, 0.15) is 0 Å². The lowest BCUT2D eigenvalue weighted by molar-refractivity contribution is -0.137. The highest BCUT2D eigenvalue weighted by Gasteiger charge is 2.30. The van der Waals surface area contributed by atoms with Crippen LogP contribution < -0.4 is 5.73 Å². The summed E-state index contributed by atoms with van der Waals surface area (Å²) < 4.78 is 39.3. The van der Waals surface area contributed by atoms with Crippen molar-refractivity contribution in [1.29, 1.82) is 0 Å². The number of hydrogen-bond acceptors (Lipinski definition) is 2. The standard InChI is InChI=1S/C12H12F3N3/c1-18-6-5-10(17-18)11(16)8-3-2-4-9(7-8)12(13,14)15/h2-7,11H,16H2,1H3. The van der Waals surface area contributed by atoms with E-state index in [1.165, 1.54) is 6.07 Å². The van der Waals surface area contributed by atoms with Crippen LogP contribution in [-0.4, -0.2) is 9.78 Å². The summed E-state index contributed by atoms with van der Waals surface area (Å²) >= 11 is 0. The lowest BCUT2D eigenvalue weighted by Crippen LogP contribution is -2.14. The molecule has 18 heavy (non-hydrogen) atoms. The monoisotopic (exact) mass is 255 g/mol. The number of hydrogen-bond donors (Lipinski definition) is 1. The van der Waals surface area contributed by atoms with Crippen molar-refractivity contribution in [1.82, 2.24) is 9.78 Å². The van der Waals surface area contributed by atoms with Crippen molar-refractivity contribution in [3.8, 4) is 0 Å². The van der Waals surface area contributed by atoms with E-state index in [4.69, 9.17) is 5.73 Å². The SMILES string of the molecule is Cn1ccc(C(N)c2cccc(C(F)(F)F)c2)n1. The fourth-order valence-corrected chi connectivity index (χ4v) is 1.68. The summed E-state index contributed by atoms with van der Waals surface area (Å²) in [5, 5.41) is 4.09. The third-order valence-corrected chi connectivity index (χ3v) is 2.63. The van der Waals surface area contributed by atoms with E-state index in [-0.39, 0.29) is 0 Å².